The molecule has 2 aromatic rings. The number of halogens is 5. The van der Waals surface area contributed by atoms with E-state index in [0.717, 1.165) is 12.1 Å². The summed E-state index contributed by atoms with van der Waals surface area (Å²) in [5, 5.41) is 8.96. The SMILES string of the molecule is O=C(O)c1cc(F)c(F)cc1-c1cccc(C(F)(F)F)c1. The number of aromatic carboxylic acids is 1. The average Bonchev–Trinajstić information content (AvgIpc) is 2.40. The fourth-order valence-corrected chi connectivity index (χ4v) is 1.83. The van der Waals surface area contributed by atoms with Crippen molar-refractivity contribution >= 4 is 5.97 Å². The van der Waals surface area contributed by atoms with Crippen molar-refractivity contribution in [1.82, 2.24) is 0 Å². The Morgan fingerprint density at radius 3 is 2.19 bits per heavy atom. The zero-order valence-electron chi connectivity index (χ0n) is 10.2. The van der Waals surface area contributed by atoms with Crippen molar-refractivity contribution in [2.24, 2.45) is 0 Å². The van der Waals surface area contributed by atoms with Gasteiger partial charge in [-0.1, -0.05) is 12.1 Å². The smallest absolute Gasteiger partial charge is 0.416 e. The lowest BCUT2D eigenvalue weighted by atomic mass is 9.97. The van der Waals surface area contributed by atoms with Crippen LogP contribution < -0.4 is 0 Å². The van der Waals surface area contributed by atoms with Crippen LogP contribution in [-0.4, -0.2) is 11.1 Å². The zero-order valence-corrected chi connectivity index (χ0v) is 10.2. The summed E-state index contributed by atoms with van der Waals surface area (Å²) in [5.41, 5.74) is -2.12. The lowest BCUT2D eigenvalue weighted by Gasteiger charge is -2.11. The topological polar surface area (TPSA) is 37.3 Å². The van der Waals surface area contributed by atoms with E-state index in [-0.39, 0.29) is 11.1 Å². The molecule has 0 unspecified atom stereocenters. The highest BCUT2D eigenvalue weighted by Crippen LogP contribution is 2.33. The van der Waals surface area contributed by atoms with Gasteiger partial charge >= 0.3 is 12.1 Å². The summed E-state index contributed by atoms with van der Waals surface area (Å²) in [6.07, 6.45) is -4.63. The summed E-state index contributed by atoms with van der Waals surface area (Å²) >= 11 is 0. The second kappa shape index (κ2) is 5.16. The standard InChI is InChI=1S/C14H7F5O2/c15-11-5-9(10(13(20)21)6-12(11)16)7-2-1-3-8(4-7)14(17,18)19/h1-6H,(H,20,21). The first-order valence-corrected chi connectivity index (χ1v) is 5.60. The third-order valence-corrected chi connectivity index (χ3v) is 2.79. The second-order valence-corrected chi connectivity index (χ2v) is 4.20. The van der Waals surface area contributed by atoms with Gasteiger partial charge in [0.25, 0.3) is 0 Å². The van der Waals surface area contributed by atoms with Crippen molar-refractivity contribution in [3.63, 3.8) is 0 Å². The van der Waals surface area contributed by atoms with E-state index in [1.165, 1.54) is 6.07 Å². The number of carboxylic acids is 1. The van der Waals surface area contributed by atoms with Gasteiger partial charge in [-0.3, -0.25) is 0 Å². The maximum atomic E-state index is 13.3. The highest BCUT2D eigenvalue weighted by molar-refractivity contribution is 5.96. The average molecular weight is 302 g/mol. The predicted octanol–water partition coefficient (Wildman–Crippen LogP) is 4.35. The minimum atomic E-state index is -4.63. The van der Waals surface area contributed by atoms with Crippen molar-refractivity contribution in [3.05, 3.63) is 59.2 Å². The van der Waals surface area contributed by atoms with Gasteiger partial charge in [0.05, 0.1) is 11.1 Å². The Bertz CT molecular complexity index is 707. The minimum absolute atomic E-state index is 0.166. The number of rotatable bonds is 2. The molecule has 110 valence electrons. The number of benzene rings is 2. The van der Waals surface area contributed by atoms with Crippen LogP contribution in [-0.2, 0) is 6.18 Å². The summed E-state index contributed by atoms with van der Waals surface area (Å²) < 4.78 is 64.2. The van der Waals surface area contributed by atoms with Crippen LogP contribution in [0, 0.1) is 11.6 Å². The van der Waals surface area contributed by atoms with Crippen LogP contribution in [0.3, 0.4) is 0 Å². The van der Waals surface area contributed by atoms with Gasteiger partial charge in [-0.25, -0.2) is 13.6 Å². The van der Waals surface area contributed by atoms with Gasteiger partial charge in [0, 0.05) is 0 Å². The fourth-order valence-electron chi connectivity index (χ4n) is 1.83. The lowest BCUT2D eigenvalue weighted by molar-refractivity contribution is -0.137. The second-order valence-electron chi connectivity index (χ2n) is 4.20. The Kier molecular flexibility index (Phi) is 3.67. The molecule has 0 saturated carbocycles. The highest BCUT2D eigenvalue weighted by Gasteiger charge is 2.30. The molecular formula is C14H7F5O2. The monoisotopic (exact) mass is 302 g/mol. The molecule has 0 amide bonds. The number of carbonyl (C=O) groups is 1. The van der Waals surface area contributed by atoms with Crippen molar-refractivity contribution < 1.29 is 31.9 Å². The van der Waals surface area contributed by atoms with Crippen LogP contribution in [0.15, 0.2) is 36.4 Å². The van der Waals surface area contributed by atoms with Gasteiger partial charge in [0.2, 0.25) is 0 Å². The molecule has 0 aliphatic rings. The van der Waals surface area contributed by atoms with Crippen molar-refractivity contribution in [3.8, 4) is 11.1 Å². The van der Waals surface area contributed by atoms with E-state index in [2.05, 4.69) is 0 Å². The summed E-state index contributed by atoms with van der Waals surface area (Å²) in [4.78, 5) is 11.0. The molecule has 7 heteroatoms. The van der Waals surface area contributed by atoms with Crippen LogP contribution in [0.1, 0.15) is 15.9 Å². The fraction of sp³-hybridized carbons (Fsp3) is 0.0714. The summed E-state index contributed by atoms with van der Waals surface area (Å²) in [7, 11) is 0. The van der Waals surface area contributed by atoms with Gasteiger partial charge in [0.15, 0.2) is 11.6 Å². The first kappa shape index (κ1) is 15.0. The van der Waals surface area contributed by atoms with Crippen LogP contribution in [0.25, 0.3) is 11.1 Å². The zero-order chi connectivity index (χ0) is 15.8. The molecule has 2 rings (SSSR count). The molecule has 0 spiro atoms. The molecule has 0 aliphatic heterocycles. The molecule has 0 aliphatic carbocycles. The van der Waals surface area contributed by atoms with Crippen LogP contribution in [0.2, 0.25) is 0 Å². The maximum Gasteiger partial charge on any atom is 0.416 e. The number of carboxylic acid groups (broad SMARTS) is 1. The first-order valence-electron chi connectivity index (χ1n) is 5.60. The molecular weight excluding hydrogens is 295 g/mol. The van der Waals surface area contributed by atoms with Crippen LogP contribution >= 0.6 is 0 Å². The van der Waals surface area contributed by atoms with Gasteiger partial charge in [-0.05, 0) is 35.4 Å². The Morgan fingerprint density at radius 2 is 1.62 bits per heavy atom. The lowest BCUT2D eigenvalue weighted by Crippen LogP contribution is -2.06. The predicted molar refractivity (Wildman–Crippen MR) is 63.8 cm³/mol. The molecule has 1 N–H and O–H groups in total. The summed E-state index contributed by atoms with van der Waals surface area (Å²) in [5.74, 6) is -4.29. The molecule has 0 fully saturated rings. The third kappa shape index (κ3) is 3.01. The van der Waals surface area contributed by atoms with Gasteiger partial charge in [0.1, 0.15) is 0 Å². The molecule has 0 radical (unpaired) electrons. The Balaban J connectivity index is 2.67. The molecule has 0 bridgehead atoms. The molecule has 0 heterocycles. The molecule has 21 heavy (non-hydrogen) atoms. The van der Waals surface area contributed by atoms with Crippen molar-refractivity contribution in [1.29, 1.82) is 0 Å². The minimum Gasteiger partial charge on any atom is -0.478 e. The van der Waals surface area contributed by atoms with E-state index in [1.54, 1.807) is 0 Å². The summed E-state index contributed by atoms with van der Waals surface area (Å²) in [6, 6.07) is 4.73. The quantitative estimate of drug-likeness (QED) is 0.837. The van der Waals surface area contributed by atoms with E-state index in [1.807, 2.05) is 0 Å². The van der Waals surface area contributed by atoms with Crippen molar-refractivity contribution in [2.45, 2.75) is 6.18 Å². The maximum absolute atomic E-state index is 13.3. The molecule has 0 aromatic heterocycles. The largest absolute Gasteiger partial charge is 0.478 e. The normalized spacial score (nSPS) is 11.5. The molecule has 2 aromatic carbocycles. The van der Waals surface area contributed by atoms with Gasteiger partial charge < -0.3 is 5.11 Å². The van der Waals surface area contributed by atoms with Crippen LogP contribution in [0.4, 0.5) is 22.0 Å². The van der Waals surface area contributed by atoms with E-state index < -0.39 is 34.9 Å². The number of alkyl halides is 3. The Morgan fingerprint density at radius 1 is 1.00 bits per heavy atom. The van der Waals surface area contributed by atoms with Gasteiger partial charge in [-0.15, -0.1) is 0 Å². The van der Waals surface area contributed by atoms with E-state index in [4.69, 9.17) is 5.11 Å². The third-order valence-electron chi connectivity index (χ3n) is 2.79. The van der Waals surface area contributed by atoms with E-state index in [0.29, 0.717) is 18.2 Å². The molecule has 0 atom stereocenters. The molecule has 2 nitrogen and oxygen atoms in total. The van der Waals surface area contributed by atoms with Crippen molar-refractivity contribution in [2.75, 3.05) is 0 Å². The number of hydrogen-bond acceptors (Lipinski definition) is 1. The number of hydrogen-bond donors (Lipinski definition) is 1. The Hall–Kier alpha value is -2.44. The van der Waals surface area contributed by atoms with Crippen LogP contribution in [0.5, 0.6) is 0 Å². The Labute approximate surface area is 115 Å². The van der Waals surface area contributed by atoms with E-state index in [9.17, 15) is 26.7 Å². The first-order chi connectivity index (χ1) is 9.70. The highest BCUT2D eigenvalue weighted by atomic mass is 19.4. The molecule has 0 saturated heterocycles. The van der Waals surface area contributed by atoms with E-state index >= 15 is 0 Å². The summed E-state index contributed by atoms with van der Waals surface area (Å²) in [6.45, 7) is 0. The van der Waals surface area contributed by atoms with Gasteiger partial charge in [-0.2, -0.15) is 13.2 Å².